The number of rotatable bonds is 6. The van der Waals surface area contributed by atoms with Crippen LogP contribution in [0.25, 0.3) is 16.2 Å². The molecule has 2 aromatic carbocycles. The molecule has 1 N–H and O–H groups in total. The van der Waals surface area contributed by atoms with Crippen molar-refractivity contribution in [1.82, 2.24) is 14.6 Å². The smallest absolute Gasteiger partial charge is 0.250 e. The van der Waals surface area contributed by atoms with Crippen molar-refractivity contribution in [2.45, 2.75) is 13.3 Å². The molecule has 0 unspecified atom stereocenters. The lowest BCUT2D eigenvalue weighted by atomic mass is 10.2. The third-order valence-electron chi connectivity index (χ3n) is 4.09. The second kappa shape index (κ2) is 8.00. The number of thiazole rings is 1. The molecule has 0 radical (unpaired) electrons. The number of nitrogens with one attached hydrogen (secondary N) is 1. The number of aryl methyl sites for hydroxylation is 1. The molecule has 0 fully saturated rings. The Morgan fingerprint density at radius 2 is 1.93 bits per heavy atom. The number of fused-ring (bicyclic) bond motifs is 1. The maximum atomic E-state index is 12.2. The van der Waals surface area contributed by atoms with E-state index in [1.165, 1.54) is 11.3 Å². The molecule has 2 heterocycles. The van der Waals surface area contributed by atoms with Crippen LogP contribution in [0.1, 0.15) is 12.0 Å². The summed E-state index contributed by atoms with van der Waals surface area (Å²) in [5, 5.41) is 9.77. The summed E-state index contributed by atoms with van der Waals surface area (Å²) in [6, 6.07) is 15.2. The number of carbonyl (C=O) groups is 1. The molecule has 0 atom stereocenters. The quantitative estimate of drug-likeness (QED) is 0.492. The molecule has 6 nitrogen and oxygen atoms in total. The zero-order chi connectivity index (χ0) is 19.5. The fraction of sp³-hybridized carbons (Fsp3) is 0.150. The molecule has 0 aliphatic rings. The first-order valence-electron chi connectivity index (χ1n) is 8.68. The standard InChI is InChI=1S/C20H17ClN4O2S/c1-13-2-8-16(9-3-13)27-11-10-18(26)22-19-23-20-25(24-19)17(12-28-20)14-4-6-15(21)7-5-14/h2-9,12H,10-11H2,1H3,(H,22,24,26). The van der Waals surface area contributed by atoms with E-state index in [4.69, 9.17) is 16.3 Å². The molecule has 0 saturated carbocycles. The van der Waals surface area contributed by atoms with Crippen LogP contribution in [0.4, 0.5) is 5.95 Å². The van der Waals surface area contributed by atoms with E-state index < -0.39 is 0 Å². The zero-order valence-corrected chi connectivity index (χ0v) is 16.6. The van der Waals surface area contributed by atoms with Gasteiger partial charge in [-0.15, -0.1) is 16.4 Å². The lowest BCUT2D eigenvalue weighted by Crippen LogP contribution is -2.16. The second-order valence-electron chi connectivity index (χ2n) is 6.22. The maximum absolute atomic E-state index is 12.2. The fourth-order valence-electron chi connectivity index (χ4n) is 2.64. The van der Waals surface area contributed by atoms with Gasteiger partial charge < -0.3 is 4.74 Å². The van der Waals surface area contributed by atoms with Gasteiger partial charge in [0.25, 0.3) is 0 Å². The van der Waals surface area contributed by atoms with Gasteiger partial charge in [0, 0.05) is 16.0 Å². The van der Waals surface area contributed by atoms with Crippen molar-refractivity contribution < 1.29 is 9.53 Å². The normalized spacial score (nSPS) is 10.9. The summed E-state index contributed by atoms with van der Waals surface area (Å²) in [7, 11) is 0. The van der Waals surface area contributed by atoms with Crippen LogP contribution >= 0.6 is 22.9 Å². The summed E-state index contributed by atoms with van der Waals surface area (Å²) in [5.74, 6) is 0.826. The van der Waals surface area contributed by atoms with Crippen molar-refractivity contribution in [2.24, 2.45) is 0 Å². The van der Waals surface area contributed by atoms with Crippen LogP contribution in [-0.4, -0.2) is 27.1 Å². The summed E-state index contributed by atoms with van der Waals surface area (Å²) in [5.41, 5.74) is 3.03. The highest BCUT2D eigenvalue weighted by atomic mass is 35.5. The molecule has 4 rings (SSSR count). The molecule has 2 aromatic heterocycles. The van der Waals surface area contributed by atoms with Crippen molar-refractivity contribution >= 4 is 39.8 Å². The van der Waals surface area contributed by atoms with Crippen LogP contribution in [0.5, 0.6) is 5.75 Å². The Bertz CT molecular complexity index is 1100. The molecule has 28 heavy (non-hydrogen) atoms. The van der Waals surface area contributed by atoms with E-state index in [0.717, 1.165) is 22.6 Å². The minimum absolute atomic E-state index is 0.196. The molecule has 0 aliphatic carbocycles. The van der Waals surface area contributed by atoms with Gasteiger partial charge in [0.1, 0.15) is 5.75 Å². The van der Waals surface area contributed by atoms with Crippen LogP contribution in [0.2, 0.25) is 5.02 Å². The highest BCUT2D eigenvalue weighted by Gasteiger charge is 2.13. The van der Waals surface area contributed by atoms with Gasteiger partial charge in [-0.3, -0.25) is 10.1 Å². The van der Waals surface area contributed by atoms with Gasteiger partial charge >= 0.3 is 0 Å². The molecule has 0 saturated heterocycles. The first-order valence-corrected chi connectivity index (χ1v) is 9.94. The number of aromatic nitrogens is 3. The van der Waals surface area contributed by atoms with Crippen LogP contribution in [0.15, 0.2) is 53.9 Å². The highest BCUT2D eigenvalue weighted by Crippen LogP contribution is 2.27. The topological polar surface area (TPSA) is 68.5 Å². The van der Waals surface area contributed by atoms with Crippen LogP contribution in [-0.2, 0) is 4.79 Å². The minimum Gasteiger partial charge on any atom is -0.493 e. The summed E-state index contributed by atoms with van der Waals surface area (Å²) in [4.78, 5) is 17.2. The first-order chi connectivity index (χ1) is 13.6. The summed E-state index contributed by atoms with van der Waals surface area (Å²) in [6.45, 7) is 2.30. The summed E-state index contributed by atoms with van der Waals surface area (Å²) >= 11 is 7.41. The number of hydrogen-bond acceptors (Lipinski definition) is 5. The Morgan fingerprint density at radius 3 is 2.68 bits per heavy atom. The van der Waals surface area contributed by atoms with Gasteiger partial charge in [0.15, 0.2) is 0 Å². The monoisotopic (exact) mass is 412 g/mol. The average molecular weight is 413 g/mol. The zero-order valence-electron chi connectivity index (χ0n) is 15.1. The maximum Gasteiger partial charge on any atom is 0.250 e. The Balaban J connectivity index is 1.38. The van der Waals surface area contributed by atoms with E-state index in [9.17, 15) is 4.79 Å². The van der Waals surface area contributed by atoms with Crippen molar-refractivity contribution in [3.8, 4) is 17.0 Å². The minimum atomic E-state index is -0.196. The summed E-state index contributed by atoms with van der Waals surface area (Å²) < 4.78 is 7.30. The average Bonchev–Trinajstić information content (AvgIpc) is 3.24. The van der Waals surface area contributed by atoms with Crippen LogP contribution in [0.3, 0.4) is 0 Å². The highest BCUT2D eigenvalue weighted by molar-refractivity contribution is 7.15. The van der Waals surface area contributed by atoms with Crippen molar-refractivity contribution in [1.29, 1.82) is 0 Å². The van der Waals surface area contributed by atoms with E-state index in [0.29, 0.717) is 9.98 Å². The van der Waals surface area contributed by atoms with E-state index in [2.05, 4.69) is 15.4 Å². The van der Waals surface area contributed by atoms with Crippen LogP contribution in [0, 0.1) is 6.92 Å². The van der Waals surface area contributed by atoms with E-state index >= 15 is 0 Å². The Kier molecular flexibility index (Phi) is 5.27. The number of ether oxygens (including phenoxy) is 1. The van der Waals surface area contributed by atoms with Gasteiger partial charge in [0.05, 0.1) is 18.7 Å². The number of amides is 1. The van der Waals surface area contributed by atoms with E-state index in [1.807, 2.05) is 60.8 Å². The number of benzene rings is 2. The molecule has 1 amide bonds. The predicted molar refractivity (Wildman–Crippen MR) is 111 cm³/mol. The number of carbonyl (C=O) groups excluding carboxylic acids is 1. The Labute approximate surface area is 170 Å². The Hall–Kier alpha value is -2.90. The van der Waals surface area contributed by atoms with Crippen molar-refractivity contribution in [3.05, 3.63) is 64.5 Å². The molecule has 4 aromatic rings. The lowest BCUT2D eigenvalue weighted by molar-refractivity contribution is -0.116. The second-order valence-corrected chi connectivity index (χ2v) is 7.49. The SMILES string of the molecule is Cc1ccc(OCCC(=O)Nc2nc3scc(-c4ccc(Cl)cc4)n3n2)cc1. The molecule has 142 valence electrons. The lowest BCUT2D eigenvalue weighted by Gasteiger charge is -2.06. The number of hydrogen-bond donors (Lipinski definition) is 1. The number of nitrogens with zero attached hydrogens (tertiary/aromatic N) is 3. The van der Waals surface area contributed by atoms with Crippen molar-refractivity contribution in [2.75, 3.05) is 11.9 Å². The van der Waals surface area contributed by atoms with Crippen molar-refractivity contribution in [3.63, 3.8) is 0 Å². The molecular formula is C20H17ClN4O2S. The number of anilines is 1. The van der Waals surface area contributed by atoms with E-state index in [1.54, 1.807) is 4.52 Å². The van der Waals surface area contributed by atoms with Crippen LogP contribution < -0.4 is 10.1 Å². The molecule has 0 bridgehead atoms. The molecule has 0 aliphatic heterocycles. The Morgan fingerprint density at radius 1 is 1.18 bits per heavy atom. The summed E-state index contributed by atoms with van der Waals surface area (Å²) in [6.07, 6.45) is 0.213. The third kappa shape index (κ3) is 4.16. The largest absolute Gasteiger partial charge is 0.493 e. The van der Waals surface area contributed by atoms with Gasteiger partial charge in [-0.2, -0.15) is 4.98 Å². The number of halogens is 1. The fourth-order valence-corrected chi connectivity index (χ4v) is 3.59. The van der Waals surface area contributed by atoms with Gasteiger partial charge in [-0.25, -0.2) is 4.52 Å². The van der Waals surface area contributed by atoms with E-state index in [-0.39, 0.29) is 24.9 Å². The molecule has 0 spiro atoms. The van der Waals surface area contributed by atoms with Gasteiger partial charge in [-0.1, -0.05) is 41.4 Å². The predicted octanol–water partition coefficient (Wildman–Crippen LogP) is 4.83. The molecular weight excluding hydrogens is 396 g/mol. The molecule has 8 heteroatoms. The third-order valence-corrected chi connectivity index (χ3v) is 5.16. The van der Waals surface area contributed by atoms with Gasteiger partial charge in [0.2, 0.25) is 16.8 Å². The van der Waals surface area contributed by atoms with Gasteiger partial charge in [-0.05, 0) is 31.2 Å². The first kappa shape index (κ1) is 18.5.